The molecule has 0 aliphatic heterocycles. The summed E-state index contributed by atoms with van der Waals surface area (Å²) in [6.07, 6.45) is -0.158. The number of nitrogens with one attached hydrogen (secondary N) is 2. The Morgan fingerprint density at radius 1 is 1.16 bits per heavy atom. The number of nitrogens with zero attached hydrogens (tertiary/aromatic N) is 2. The van der Waals surface area contributed by atoms with Crippen molar-refractivity contribution in [2.24, 2.45) is 0 Å². The van der Waals surface area contributed by atoms with E-state index in [0.717, 1.165) is 0 Å². The number of esters is 1. The fourth-order valence-electron chi connectivity index (χ4n) is 2.50. The lowest BCUT2D eigenvalue weighted by Crippen LogP contribution is -2.27. The van der Waals surface area contributed by atoms with E-state index in [1.165, 1.54) is 54.3 Å². The third kappa shape index (κ3) is 7.42. The van der Waals surface area contributed by atoms with Crippen LogP contribution in [0.5, 0.6) is 0 Å². The van der Waals surface area contributed by atoms with E-state index in [1.807, 2.05) is 6.92 Å². The number of rotatable bonds is 10. The Morgan fingerprint density at radius 3 is 2.42 bits per heavy atom. The van der Waals surface area contributed by atoms with Gasteiger partial charge in [0.2, 0.25) is 21.8 Å². The van der Waals surface area contributed by atoms with Gasteiger partial charge < -0.3 is 10.1 Å². The molecule has 2 aromatic rings. The number of ether oxygens (including phenoxy) is 1. The van der Waals surface area contributed by atoms with E-state index in [9.17, 15) is 22.8 Å². The molecule has 168 valence electrons. The summed E-state index contributed by atoms with van der Waals surface area (Å²) in [5.74, 6) is -0.975. The first kappa shape index (κ1) is 24.4. The van der Waals surface area contributed by atoms with E-state index >= 15 is 0 Å². The molecule has 2 amide bonds. The zero-order chi connectivity index (χ0) is 23.0. The van der Waals surface area contributed by atoms with Crippen molar-refractivity contribution in [1.29, 1.82) is 0 Å². The lowest BCUT2D eigenvalue weighted by molar-refractivity contribution is -0.144. The predicted molar refractivity (Wildman–Crippen MR) is 116 cm³/mol. The van der Waals surface area contributed by atoms with Crippen LogP contribution in [0.1, 0.15) is 32.9 Å². The molecule has 31 heavy (non-hydrogen) atoms. The monoisotopic (exact) mass is 468 g/mol. The number of aromatic nitrogens is 1. The second-order valence-electron chi connectivity index (χ2n) is 6.40. The van der Waals surface area contributed by atoms with E-state index < -0.39 is 16.0 Å². The minimum absolute atomic E-state index is 0.0101. The number of hydrogen-bond acceptors (Lipinski definition) is 8. The van der Waals surface area contributed by atoms with Crippen LogP contribution in [0.15, 0.2) is 34.5 Å². The number of thiazole rings is 1. The number of amides is 2. The summed E-state index contributed by atoms with van der Waals surface area (Å²) < 4.78 is 32.0. The molecule has 12 heteroatoms. The van der Waals surface area contributed by atoms with Crippen LogP contribution >= 0.6 is 11.3 Å². The fraction of sp³-hybridized carbons (Fsp3) is 0.368. The zero-order valence-corrected chi connectivity index (χ0v) is 19.0. The zero-order valence-electron chi connectivity index (χ0n) is 17.4. The van der Waals surface area contributed by atoms with Gasteiger partial charge in [0, 0.05) is 38.0 Å². The molecule has 0 aliphatic rings. The minimum Gasteiger partial charge on any atom is -0.459 e. The van der Waals surface area contributed by atoms with Gasteiger partial charge in [-0.25, -0.2) is 18.1 Å². The maximum atomic E-state index is 12.3. The summed E-state index contributed by atoms with van der Waals surface area (Å²) >= 11 is 1.27. The third-order valence-corrected chi connectivity index (χ3v) is 6.34. The van der Waals surface area contributed by atoms with Crippen molar-refractivity contribution in [3.8, 4) is 0 Å². The van der Waals surface area contributed by atoms with Crippen LogP contribution in [-0.2, 0) is 35.8 Å². The molecule has 0 spiro atoms. The lowest BCUT2D eigenvalue weighted by Gasteiger charge is -2.14. The maximum absolute atomic E-state index is 12.3. The minimum atomic E-state index is -3.80. The molecule has 0 bridgehead atoms. The number of anilines is 2. The van der Waals surface area contributed by atoms with E-state index in [1.54, 1.807) is 5.38 Å². The van der Waals surface area contributed by atoms with Gasteiger partial charge in [-0.1, -0.05) is 0 Å². The highest BCUT2D eigenvalue weighted by Crippen LogP contribution is 2.21. The average molecular weight is 469 g/mol. The first-order valence-electron chi connectivity index (χ1n) is 9.38. The van der Waals surface area contributed by atoms with E-state index in [-0.39, 0.29) is 36.3 Å². The van der Waals surface area contributed by atoms with Crippen molar-refractivity contribution >= 4 is 50.0 Å². The molecule has 2 N–H and O–H groups in total. The molecular weight excluding hydrogens is 444 g/mol. The van der Waals surface area contributed by atoms with Gasteiger partial charge in [0.25, 0.3) is 0 Å². The summed E-state index contributed by atoms with van der Waals surface area (Å²) in [7, 11) is -3.80. The smallest absolute Gasteiger partial charge is 0.307 e. The largest absolute Gasteiger partial charge is 0.459 e. The van der Waals surface area contributed by atoms with Crippen molar-refractivity contribution in [1.82, 2.24) is 9.71 Å². The molecule has 0 fully saturated rings. The molecular formula is C19H24N4O6S2. The molecule has 1 heterocycles. The normalized spacial score (nSPS) is 11.1. The molecule has 0 saturated carbocycles. The Balaban J connectivity index is 1.80. The Hall–Kier alpha value is -2.83. The summed E-state index contributed by atoms with van der Waals surface area (Å²) in [4.78, 5) is 40.2. The predicted octanol–water partition coefficient (Wildman–Crippen LogP) is 1.89. The van der Waals surface area contributed by atoms with Crippen LogP contribution in [0.3, 0.4) is 0 Å². The molecule has 0 unspecified atom stereocenters. The van der Waals surface area contributed by atoms with Crippen molar-refractivity contribution < 1.29 is 27.5 Å². The second kappa shape index (κ2) is 11.0. The Bertz CT molecular complexity index is 1030. The standard InChI is InChI=1S/C19H24N4O6S2/c1-4-23(14(3)25)19-22-16(12-30-19)11-29-18(26)9-10-20-31(27,28)17-7-5-15(6-8-17)21-13(2)24/h5-8,12,20H,4,9-11H2,1-3H3,(H,21,24). The molecule has 0 atom stereocenters. The van der Waals surface area contributed by atoms with Crippen LogP contribution in [0.2, 0.25) is 0 Å². The molecule has 0 saturated heterocycles. The van der Waals surface area contributed by atoms with Gasteiger partial charge in [-0.05, 0) is 31.2 Å². The highest BCUT2D eigenvalue weighted by atomic mass is 32.2. The number of carbonyl (C=O) groups excluding carboxylic acids is 3. The highest BCUT2D eigenvalue weighted by Gasteiger charge is 2.16. The summed E-state index contributed by atoms with van der Waals surface area (Å²) in [6.45, 7) is 4.92. The Morgan fingerprint density at radius 2 is 1.84 bits per heavy atom. The number of sulfonamides is 1. The third-order valence-electron chi connectivity index (χ3n) is 3.95. The molecule has 1 aromatic carbocycles. The van der Waals surface area contributed by atoms with Gasteiger partial charge in [0.1, 0.15) is 6.61 Å². The first-order chi connectivity index (χ1) is 14.6. The van der Waals surface area contributed by atoms with E-state index in [0.29, 0.717) is 23.1 Å². The van der Waals surface area contributed by atoms with Gasteiger partial charge >= 0.3 is 5.97 Å². The molecule has 0 aliphatic carbocycles. The van der Waals surface area contributed by atoms with Gasteiger partial charge in [0.15, 0.2) is 5.13 Å². The Labute approximate surface area is 184 Å². The van der Waals surface area contributed by atoms with Crippen molar-refractivity contribution in [2.45, 2.75) is 38.7 Å². The molecule has 2 rings (SSSR count). The highest BCUT2D eigenvalue weighted by molar-refractivity contribution is 7.89. The van der Waals surface area contributed by atoms with Gasteiger partial charge in [-0.2, -0.15) is 0 Å². The van der Waals surface area contributed by atoms with Gasteiger partial charge in [-0.3, -0.25) is 19.3 Å². The topological polar surface area (TPSA) is 135 Å². The van der Waals surface area contributed by atoms with Gasteiger partial charge in [-0.15, -0.1) is 11.3 Å². The first-order valence-corrected chi connectivity index (χ1v) is 11.7. The number of benzene rings is 1. The van der Waals surface area contributed by atoms with E-state index in [2.05, 4.69) is 15.0 Å². The Kier molecular flexibility index (Phi) is 8.65. The van der Waals surface area contributed by atoms with Crippen molar-refractivity contribution in [3.63, 3.8) is 0 Å². The molecule has 0 radical (unpaired) electrons. The summed E-state index contributed by atoms with van der Waals surface area (Å²) in [6, 6.07) is 5.65. The van der Waals surface area contributed by atoms with E-state index in [4.69, 9.17) is 4.74 Å². The van der Waals surface area contributed by atoms with Crippen molar-refractivity contribution in [3.05, 3.63) is 35.3 Å². The quantitative estimate of drug-likeness (QED) is 0.508. The SMILES string of the molecule is CCN(C(C)=O)c1nc(COC(=O)CCNS(=O)(=O)c2ccc(NC(C)=O)cc2)cs1. The molecule has 10 nitrogen and oxygen atoms in total. The van der Waals surface area contributed by atoms with Crippen molar-refractivity contribution in [2.75, 3.05) is 23.3 Å². The van der Waals surface area contributed by atoms with Crippen LogP contribution in [0.25, 0.3) is 0 Å². The van der Waals surface area contributed by atoms with Crippen LogP contribution in [0.4, 0.5) is 10.8 Å². The molecule has 1 aromatic heterocycles. The second-order valence-corrected chi connectivity index (χ2v) is 9.00. The van der Waals surface area contributed by atoms with Crippen LogP contribution in [-0.4, -0.2) is 44.3 Å². The number of carbonyl (C=O) groups is 3. The fourth-order valence-corrected chi connectivity index (χ4v) is 4.45. The maximum Gasteiger partial charge on any atom is 0.307 e. The average Bonchev–Trinajstić information content (AvgIpc) is 3.15. The van der Waals surface area contributed by atoms with Crippen LogP contribution in [0, 0.1) is 0 Å². The number of hydrogen-bond donors (Lipinski definition) is 2. The summed E-state index contributed by atoms with van der Waals surface area (Å²) in [5.41, 5.74) is 0.985. The van der Waals surface area contributed by atoms with Gasteiger partial charge in [0.05, 0.1) is 17.0 Å². The van der Waals surface area contributed by atoms with Crippen LogP contribution < -0.4 is 14.9 Å². The summed E-state index contributed by atoms with van der Waals surface area (Å²) in [5, 5.41) is 4.77. The lowest BCUT2D eigenvalue weighted by atomic mass is 10.3.